The number of carbonyl (C=O) groups is 1. The van der Waals surface area contributed by atoms with E-state index >= 15 is 0 Å². The van der Waals surface area contributed by atoms with Crippen LogP contribution in [0.1, 0.15) is 25.6 Å². The van der Waals surface area contributed by atoms with Crippen LogP contribution in [0.4, 0.5) is 13.2 Å². The molecular weight excluding hydrogens is 467 g/mol. The molecule has 0 aliphatic carbocycles. The van der Waals surface area contributed by atoms with Crippen molar-refractivity contribution in [2.75, 3.05) is 13.7 Å². The first-order valence-corrected chi connectivity index (χ1v) is 14.2. The third-order valence-electron chi connectivity index (χ3n) is 5.52. The van der Waals surface area contributed by atoms with E-state index in [0.717, 1.165) is 4.90 Å². The highest BCUT2D eigenvalue weighted by molar-refractivity contribution is 6.69. The van der Waals surface area contributed by atoms with Crippen LogP contribution in [0, 0.1) is 0 Å². The van der Waals surface area contributed by atoms with E-state index < -0.39 is 44.6 Å². The normalized spacial score (nSPS) is 22.5. The summed E-state index contributed by atoms with van der Waals surface area (Å²) < 4.78 is 66.4. The van der Waals surface area contributed by atoms with Gasteiger partial charge < -0.3 is 18.6 Å². The monoisotopic (exact) mass is 497 g/mol. The average molecular weight is 498 g/mol. The largest absolute Gasteiger partial charge is 0.497 e. The molecule has 3 rings (SSSR count). The van der Waals surface area contributed by atoms with Gasteiger partial charge in [-0.3, -0.25) is 9.69 Å². The summed E-state index contributed by atoms with van der Waals surface area (Å²) in [5.74, 6) is -2.75. The van der Waals surface area contributed by atoms with Crippen LogP contribution in [0.5, 0.6) is 11.5 Å². The van der Waals surface area contributed by atoms with E-state index in [1.165, 1.54) is 21.0 Å². The fraction of sp³-hybridized carbons (Fsp3) is 0.458. The molecule has 2 atom stereocenters. The Balaban J connectivity index is 2.07. The topological polar surface area (TPSA) is 57.2 Å². The van der Waals surface area contributed by atoms with Gasteiger partial charge >= 0.3 is 6.18 Å². The Morgan fingerprint density at radius 2 is 1.62 bits per heavy atom. The van der Waals surface area contributed by atoms with Gasteiger partial charge in [-0.25, -0.2) is 0 Å². The number of carbonyl (C=O) groups excluding carboxylic acids is 1. The van der Waals surface area contributed by atoms with Crippen LogP contribution < -0.4 is 9.47 Å². The first-order valence-electron chi connectivity index (χ1n) is 10.8. The number of hydrogen-bond acceptors (Lipinski definition) is 5. The van der Waals surface area contributed by atoms with Crippen molar-refractivity contribution in [2.24, 2.45) is 0 Å². The van der Waals surface area contributed by atoms with Crippen molar-refractivity contribution in [2.45, 2.75) is 57.2 Å². The third kappa shape index (κ3) is 4.94. The number of alkyl halides is 3. The molecule has 0 radical (unpaired) electrons. The van der Waals surface area contributed by atoms with Crippen molar-refractivity contribution < 1.29 is 36.6 Å². The number of hydrogen-bond donors (Lipinski definition) is 0. The van der Waals surface area contributed by atoms with Gasteiger partial charge in [-0.05, 0) is 57.8 Å². The van der Waals surface area contributed by atoms with Gasteiger partial charge in [-0.15, -0.1) is 0 Å². The third-order valence-corrected chi connectivity index (χ3v) is 6.42. The first kappa shape index (κ1) is 26.0. The number of halogens is 3. The van der Waals surface area contributed by atoms with Crippen molar-refractivity contribution in [3.63, 3.8) is 0 Å². The fourth-order valence-corrected chi connectivity index (χ4v) is 5.29. The van der Waals surface area contributed by atoms with Gasteiger partial charge in [-0.2, -0.15) is 13.2 Å². The molecule has 0 spiro atoms. The molecule has 0 unspecified atom stereocenters. The standard InChI is InChI=1S/C24H30F3NO5Si/c1-22(2)23(24(25,26)27,33-34(4,5)6)32-21(17-12-14-18(30-3)15-13-17)28(22)20(29)16-31-19-10-8-7-9-11-19/h7-15,21H,16H2,1-6H3/t21-,23-/m1/s1. The summed E-state index contributed by atoms with van der Waals surface area (Å²) in [6.45, 7) is 7.08. The lowest BCUT2D eigenvalue weighted by Crippen LogP contribution is -2.67. The van der Waals surface area contributed by atoms with Crippen LogP contribution in [-0.2, 0) is 14.0 Å². The summed E-state index contributed by atoms with van der Waals surface area (Å²) >= 11 is 0. The minimum Gasteiger partial charge on any atom is -0.497 e. The molecular formula is C24H30F3NO5Si. The Morgan fingerprint density at radius 3 is 2.12 bits per heavy atom. The zero-order valence-electron chi connectivity index (χ0n) is 20.1. The Hall–Kier alpha value is -2.56. The van der Waals surface area contributed by atoms with E-state index in [-0.39, 0.29) is 0 Å². The molecule has 0 bridgehead atoms. The molecule has 6 nitrogen and oxygen atoms in total. The number of rotatable bonds is 7. The quantitative estimate of drug-likeness (QED) is 0.472. The highest BCUT2D eigenvalue weighted by Gasteiger charge is 2.75. The minimum absolute atomic E-state index is 0.354. The molecule has 1 heterocycles. The maximum absolute atomic E-state index is 14.7. The molecule has 0 saturated carbocycles. The van der Waals surface area contributed by atoms with E-state index in [9.17, 15) is 18.0 Å². The van der Waals surface area contributed by atoms with Gasteiger partial charge in [0, 0.05) is 5.56 Å². The van der Waals surface area contributed by atoms with Crippen LogP contribution >= 0.6 is 0 Å². The van der Waals surface area contributed by atoms with E-state index in [2.05, 4.69) is 0 Å². The number of methoxy groups -OCH3 is 1. The summed E-state index contributed by atoms with van der Waals surface area (Å²) in [7, 11) is -1.32. The van der Waals surface area contributed by atoms with Crippen LogP contribution in [0.15, 0.2) is 54.6 Å². The van der Waals surface area contributed by atoms with Crippen molar-refractivity contribution in [3.8, 4) is 11.5 Å². The van der Waals surface area contributed by atoms with Gasteiger partial charge in [0.1, 0.15) is 17.0 Å². The highest BCUT2D eigenvalue weighted by atomic mass is 28.4. The smallest absolute Gasteiger partial charge is 0.444 e. The van der Waals surface area contributed by atoms with E-state index in [0.29, 0.717) is 17.1 Å². The molecule has 186 valence electrons. The van der Waals surface area contributed by atoms with Crippen molar-refractivity contribution in [3.05, 3.63) is 60.2 Å². The summed E-state index contributed by atoms with van der Waals surface area (Å²) in [5.41, 5.74) is -1.56. The first-order chi connectivity index (χ1) is 15.7. The molecule has 34 heavy (non-hydrogen) atoms. The molecule has 1 fully saturated rings. The van der Waals surface area contributed by atoms with Crippen LogP contribution in [-0.4, -0.2) is 50.3 Å². The number of ether oxygens (including phenoxy) is 3. The Kier molecular flexibility index (Phi) is 7.08. The molecule has 2 aromatic carbocycles. The average Bonchev–Trinajstić information content (AvgIpc) is 2.99. The lowest BCUT2D eigenvalue weighted by molar-refractivity contribution is -0.363. The molecule has 1 saturated heterocycles. The molecule has 1 aliphatic heterocycles. The van der Waals surface area contributed by atoms with Crippen LogP contribution in [0.25, 0.3) is 0 Å². The van der Waals surface area contributed by atoms with Crippen molar-refractivity contribution in [1.29, 1.82) is 0 Å². The van der Waals surface area contributed by atoms with E-state index in [1.54, 1.807) is 74.2 Å². The Bertz CT molecular complexity index is 992. The molecule has 1 amide bonds. The maximum Gasteiger partial charge on any atom is 0.444 e. The fourth-order valence-electron chi connectivity index (χ4n) is 4.02. The van der Waals surface area contributed by atoms with Gasteiger partial charge in [0.2, 0.25) is 0 Å². The van der Waals surface area contributed by atoms with Crippen molar-refractivity contribution in [1.82, 2.24) is 4.90 Å². The second kappa shape index (κ2) is 9.24. The van der Waals surface area contributed by atoms with E-state index in [4.69, 9.17) is 18.6 Å². The number of para-hydroxylation sites is 1. The summed E-state index contributed by atoms with van der Waals surface area (Å²) in [6.07, 6.45) is -6.28. The van der Waals surface area contributed by atoms with Gasteiger partial charge in [0.25, 0.3) is 11.7 Å². The van der Waals surface area contributed by atoms with E-state index in [1.807, 2.05) is 0 Å². The zero-order chi connectivity index (χ0) is 25.4. The number of benzene rings is 2. The SMILES string of the molecule is COc1ccc([C@H]2O[C@](O[Si](C)(C)C)(C(F)(F)F)C(C)(C)N2C(=O)COc2ccccc2)cc1. The second-order valence-corrected chi connectivity index (χ2v) is 13.9. The molecule has 0 N–H and O–H groups in total. The van der Waals surface area contributed by atoms with Crippen LogP contribution in [0.3, 0.4) is 0 Å². The lowest BCUT2D eigenvalue weighted by Gasteiger charge is -2.45. The minimum atomic E-state index is -4.92. The van der Waals surface area contributed by atoms with Gasteiger partial charge in [0.05, 0.1) is 7.11 Å². The molecule has 10 heteroatoms. The predicted molar refractivity (Wildman–Crippen MR) is 123 cm³/mol. The summed E-state index contributed by atoms with van der Waals surface area (Å²) in [4.78, 5) is 14.5. The number of amides is 1. The van der Waals surface area contributed by atoms with Crippen LogP contribution in [0.2, 0.25) is 19.6 Å². The Labute approximate surface area is 198 Å². The molecule has 0 aromatic heterocycles. The maximum atomic E-state index is 14.7. The molecule has 2 aromatic rings. The zero-order valence-corrected chi connectivity index (χ0v) is 21.1. The summed E-state index contributed by atoms with van der Waals surface area (Å²) in [5, 5.41) is 0. The van der Waals surface area contributed by atoms with Crippen molar-refractivity contribution >= 4 is 14.2 Å². The van der Waals surface area contributed by atoms with Gasteiger partial charge in [0.15, 0.2) is 21.2 Å². The predicted octanol–water partition coefficient (Wildman–Crippen LogP) is 5.52. The molecule has 1 aliphatic rings. The second-order valence-electron chi connectivity index (χ2n) is 9.50. The number of nitrogens with zero attached hydrogens (tertiary/aromatic N) is 1. The Morgan fingerprint density at radius 1 is 1.03 bits per heavy atom. The summed E-state index contributed by atoms with van der Waals surface area (Å²) in [6, 6.07) is 14.9. The van der Waals surface area contributed by atoms with Gasteiger partial charge in [-0.1, -0.05) is 30.3 Å². The highest BCUT2D eigenvalue weighted by Crippen LogP contribution is 2.56. The lowest BCUT2D eigenvalue weighted by atomic mass is 9.91.